The van der Waals surface area contributed by atoms with Crippen molar-refractivity contribution in [2.75, 3.05) is 12.3 Å². The van der Waals surface area contributed by atoms with Gasteiger partial charge < -0.3 is 10.1 Å². The Hall–Kier alpha value is -1.65. The van der Waals surface area contributed by atoms with Gasteiger partial charge in [-0.25, -0.2) is 0 Å². The zero-order valence-electron chi connectivity index (χ0n) is 14.6. The summed E-state index contributed by atoms with van der Waals surface area (Å²) in [6, 6.07) is 15.7. The number of para-hydroxylation sites is 1. The smallest absolute Gasteiger partial charge is 0.261 e. The topological polar surface area (TPSA) is 38.3 Å². The lowest BCUT2D eigenvalue weighted by atomic mass is 10.2. The van der Waals surface area contributed by atoms with Crippen molar-refractivity contribution in [3.63, 3.8) is 0 Å². The number of amides is 1. The first-order valence-corrected chi connectivity index (χ1v) is 9.95. The first-order valence-electron chi connectivity index (χ1n) is 8.42. The van der Waals surface area contributed by atoms with Gasteiger partial charge in [-0.1, -0.05) is 60.5 Å². The number of hydrogen-bond acceptors (Lipinski definition) is 3. The van der Waals surface area contributed by atoms with Gasteiger partial charge in [0.25, 0.3) is 5.91 Å². The number of aryl methyl sites for hydroxylation is 1. The van der Waals surface area contributed by atoms with Gasteiger partial charge in [-0.15, -0.1) is 0 Å². The molecule has 0 aliphatic carbocycles. The number of rotatable bonds is 9. The number of carbonyl (C=O) groups excluding carboxylic acids is 1. The lowest BCUT2D eigenvalue weighted by molar-refractivity contribution is -0.127. The van der Waals surface area contributed by atoms with Gasteiger partial charge in [0, 0.05) is 18.1 Å². The van der Waals surface area contributed by atoms with Crippen molar-refractivity contribution >= 4 is 29.3 Å². The summed E-state index contributed by atoms with van der Waals surface area (Å²) in [5.74, 6) is 2.25. The molecule has 0 unspecified atom stereocenters. The van der Waals surface area contributed by atoms with Gasteiger partial charge >= 0.3 is 0 Å². The fourth-order valence-corrected chi connectivity index (χ4v) is 3.25. The highest BCUT2D eigenvalue weighted by Crippen LogP contribution is 2.24. The number of benzene rings is 2. The first-order chi connectivity index (χ1) is 12.1. The minimum atomic E-state index is -0.526. The minimum Gasteiger partial charge on any atom is -0.479 e. The summed E-state index contributed by atoms with van der Waals surface area (Å²) in [6.07, 6.45) is 0.0649. The van der Waals surface area contributed by atoms with E-state index < -0.39 is 6.10 Å². The molecule has 2 aromatic rings. The van der Waals surface area contributed by atoms with Crippen molar-refractivity contribution in [1.82, 2.24) is 5.32 Å². The standard InChI is InChI=1S/C20H24ClNO2S/c1-3-18(24-19-7-5-4-6-17(19)21)20(23)22-12-13-25-14-16-10-8-15(2)9-11-16/h4-11,18H,3,12-14H2,1-2H3,(H,22,23)/t18-/m0/s1. The maximum Gasteiger partial charge on any atom is 0.261 e. The molecule has 1 N–H and O–H groups in total. The van der Waals surface area contributed by atoms with Gasteiger partial charge in [-0.2, -0.15) is 11.8 Å². The van der Waals surface area contributed by atoms with E-state index in [2.05, 4.69) is 36.5 Å². The number of hydrogen-bond donors (Lipinski definition) is 1. The van der Waals surface area contributed by atoms with E-state index in [4.69, 9.17) is 16.3 Å². The Bertz CT molecular complexity index is 676. The Kier molecular flexibility index (Phi) is 8.16. The number of carbonyl (C=O) groups is 1. The monoisotopic (exact) mass is 377 g/mol. The van der Waals surface area contributed by atoms with Crippen LogP contribution in [0.25, 0.3) is 0 Å². The van der Waals surface area contributed by atoms with Crippen molar-refractivity contribution in [2.24, 2.45) is 0 Å². The molecule has 0 saturated carbocycles. The van der Waals surface area contributed by atoms with E-state index in [0.29, 0.717) is 23.7 Å². The zero-order chi connectivity index (χ0) is 18.1. The average Bonchev–Trinajstić information content (AvgIpc) is 2.62. The number of ether oxygens (including phenoxy) is 1. The lowest BCUT2D eigenvalue weighted by Crippen LogP contribution is -2.39. The molecule has 3 nitrogen and oxygen atoms in total. The van der Waals surface area contributed by atoms with Crippen LogP contribution in [-0.4, -0.2) is 24.3 Å². The summed E-state index contributed by atoms with van der Waals surface area (Å²) in [5.41, 5.74) is 2.57. The predicted octanol–water partition coefficient (Wildman–Crippen LogP) is 4.86. The molecule has 2 rings (SSSR count). The fraction of sp³-hybridized carbons (Fsp3) is 0.350. The Balaban J connectivity index is 1.71. The summed E-state index contributed by atoms with van der Waals surface area (Å²) in [5, 5.41) is 3.46. The van der Waals surface area contributed by atoms with Gasteiger partial charge in [-0.05, 0) is 31.0 Å². The second kappa shape index (κ2) is 10.4. The van der Waals surface area contributed by atoms with Gasteiger partial charge in [0.1, 0.15) is 5.75 Å². The van der Waals surface area contributed by atoms with E-state index in [0.717, 1.165) is 11.5 Å². The number of halogens is 1. The van der Waals surface area contributed by atoms with Crippen molar-refractivity contribution < 1.29 is 9.53 Å². The van der Waals surface area contributed by atoms with E-state index in [1.54, 1.807) is 23.9 Å². The maximum absolute atomic E-state index is 12.3. The molecular weight excluding hydrogens is 354 g/mol. The second-order valence-electron chi connectivity index (χ2n) is 5.77. The van der Waals surface area contributed by atoms with Crippen LogP contribution in [0, 0.1) is 6.92 Å². The summed E-state index contributed by atoms with van der Waals surface area (Å²) >= 11 is 7.89. The number of thioether (sulfide) groups is 1. The molecule has 0 radical (unpaired) electrons. The molecule has 0 bridgehead atoms. The van der Waals surface area contributed by atoms with Gasteiger partial charge in [0.05, 0.1) is 5.02 Å². The van der Waals surface area contributed by atoms with E-state index in [9.17, 15) is 4.79 Å². The molecule has 1 amide bonds. The molecule has 5 heteroatoms. The van der Waals surface area contributed by atoms with Crippen LogP contribution in [0.5, 0.6) is 5.75 Å². The molecule has 1 atom stereocenters. The molecule has 0 aliphatic rings. The molecule has 0 fully saturated rings. The summed E-state index contributed by atoms with van der Waals surface area (Å²) in [4.78, 5) is 12.3. The van der Waals surface area contributed by atoms with Gasteiger partial charge in [0.2, 0.25) is 0 Å². The molecule has 0 heterocycles. The lowest BCUT2D eigenvalue weighted by Gasteiger charge is -2.18. The van der Waals surface area contributed by atoms with Gasteiger partial charge in [-0.3, -0.25) is 4.79 Å². The fourth-order valence-electron chi connectivity index (χ4n) is 2.25. The van der Waals surface area contributed by atoms with Crippen LogP contribution in [-0.2, 0) is 10.5 Å². The summed E-state index contributed by atoms with van der Waals surface area (Å²) < 4.78 is 5.74. The van der Waals surface area contributed by atoms with Crippen molar-refractivity contribution in [2.45, 2.75) is 32.1 Å². The van der Waals surface area contributed by atoms with Crippen LogP contribution in [0.15, 0.2) is 48.5 Å². The molecule has 134 valence electrons. The van der Waals surface area contributed by atoms with Crippen LogP contribution in [0.2, 0.25) is 5.02 Å². The van der Waals surface area contributed by atoms with E-state index in [1.807, 2.05) is 19.1 Å². The summed E-state index contributed by atoms with van der Waals surface area (Å²) in [6.45, 7) is 4.63. The molecule has 0 aliphatic heterocycles. The third kappa shape index (κ3) is 6.63. The molecule has 2 aromatic carbocycles. The summed E-state index contributed by atoms with van der Waals surface area (Å²) in [7, 11) is 0. The molecule has 0 saturated heterocycles. The van der Waals surface area contributed by atoms with Crippen molar-refractivity contribution in [1.29, 1.82) is 0 Å². The van der Waals surface area contributed by atoms with Crippen LogP contribution < -0.4 is 10.1 Å². The minimum absolute atomic E-state index is 0.0987. The van der Waals surface area contributed by atoms with Gasteiger partial charge in [0.15, 0.2) is 6.10 Å². The largest absolute Gasteiger partial charge is 0.479 e. The SMILES string of the molecule is CC[C@H](Oc1ccccc1Cl)C(=O)NCCSCc1ccc(C)cc1. The highest BCUT2D eigenvalue weighted by atomic mass is 35.5. The molecular formula is C20H24ClNO2S. The quantitative estimate of drug-likeness (QED) is 0.634. The predicted molar refractivity (Wildman–Crippen MR) is 107 cm³/mol. The first kappa shape index (κ1) is 19.7. The number of nitrogens with one attached hydrogen (secondary N) is 1. The maximum atomic E-state index is 12.3. The highest BCUT2D eigenvalue weighted by molar-refractivity contribution is 7.98. The Morgan fingerprint density at radius 2 is 1.92 bits per heavy atom. The highest BCUT2D eigenvalue weighted by Gasteiger charge is 2.18. The van der Waals surface area contributed by atoms with Crippen LogP contribution >= 0.6 is 23.4 Å². The van der Waals surface area contributed by atoms with E-state index >= 15 is 0 Å². The Labute approximate surface area is 159 Å². The van der Waals surface area contributed by atoms with E-state index in [1.165, 1.54) is 11.1 Å². The Morgan fingerprint density at radius 1 is 1.20 bits per heavy atom. The molecule has 25 heavy (non-hydrogen) atoms. The van der Waals surface area contributed by atoms with E-state index in [-0.39, 0.29) is 5.91 Å². The van der Waals surface area contributed by atoms with Crippen molar-refractivity contribution in [3.05, 3.63) is 64.7 Å². The van der Waals surface area contributed by atoms with Crippen molar-refractivity contribution in [3.8, 4) is 5.75 Å². The molecule has 0 aromatic heterocycles. The average molecular weight is 378 g/mol. The third-order valence-electron chi connectivity index (χ3n) is 3.70. The Morgan fingerprint density at radius 3 is 2.60 bits per heavy atom. The normalized spacial score (nSPS) is 11.8. The third-order valence-corrected chi connectivity index (χ3v) is 5.05. The zero-order valence-corrected chi connectivity index (χ0v) is 16.2. The van der Waals surface area contributed by atoms with Crippen LogP contribution in [0.3, 0.4) is 0 Å². The second-order valence-corrected chi connectivity index (χ2v) is 7.29. The van der Waals surface area contributed by atoms with Crippen LogP contribution in [0.1, 0.15) is 24.5 Å². The van der Waals surface area contributed by atoms with Crippen LogP contribution in [0.4, 0.5) is 0 Å². The molecule has 0 spiro atoms.